The minimum Gasteiger partial charge on any atom is -0.118 e. The van der Waals surface area contributed by atoms with Gasteiger partial charge in [0.05, 0.1) is 0 Å². The third-order valence-electron chi connectivity index (χ3n) is 0.250. The first-order chi connectivity index (χ1) is 2.56. The maximum atomic E-state index is 2.71. The first-order valence-corrected chi connectivity index (χ1v) is 5.95. The summed E-state index contributed by atoms with van der Waals surface area (Å²) in [7, 11) is 11.7. The summed E-state index contributed by atoms with van der Waals surface area (Å²) < 4.78 is 0.282. The second-order valence-electron chi connectivity index (χ2n) is 1.08. The molecule has 0 aromatic heterocycles. The first kappa shape index (κ1) is 8.15. The van der Waals surface area contributed by atoms with Crippen LogP contribution in [0, 0.1) is 0 Å². The fourth-order valence-corrected chi connectivity index (χ4v) is 0. The summed E-state index contributed by atoms with van der Waals surface area (Å²) in [6.07, 6.45) is 0. The third-order valence-corrected chi connectivity index (χ3v) is 6.75. The Balaban J connectivity index is 3.17. The molecule has 5 atom stereocenters. The van der Waals surface area contributed by atoms with Gasteiger partial charge in [-0.3, -0.25) is 0 Å². The summed E-state index contributed by atoms with van der Waals surface area (Å²) in [5.74, 6) is 0. The maximum Gasteiger partial charge on any atom is 0.0329 e. The van der Waals surface area contributed by atoms with Crippen LogP contribution in [0.2, 0.25) is 0 Å². The number of hydrogen-bond donors (Lipinski definition) is 0. The molecule has 0 spiro atoms. The Morgan fingerprint density at radius 1 is 1.17 bits per heavy atom. The molecule has 6 heavy (non-hydrogen) atoms. The molecule has 0 heterocycles. The molecule has 0 nitrogen and oxygen atoms in total. The van der Waals surface area contributed by atoms with Gasteiger partial charge in [0.2, 0.25) is 0 Å². The van der Waals surface area contributed by atoms with Crippen molar-refractivity contribution in [3.05, 3.63) is 0 Å². The van der Waals surface area contributed by atoms with Crippen molar-refractivity contribution in [2.24, 2.45) is 0 Å². The van der Waals surface area contributed by atoms with Gasteiger partial charge in [0, 0.05) is 4.38 Å². The molecule has 5 unspecified atom stereocenters. The summed E-state index contributed by atoms with van der Waals surface area (Å²) in [4.78, 5) is 0. The molecule has 0 aromatic carbocycles. The van der Waals surface area contributed by atoms with E-state index < -0.39 is 0 Å². The van der Waals surface area contributed by atoms with Gasteiger partial charge in [0.15, 0.2) is 0 Å². The highest BCUT2D eigenvalue weighted by Gasteiger charge is 2.04. The molecule has 0 N–H and O–H groups in total. The van der Waals surface area contributed by atoms with E-state index in [2.05, 4.69) is 36.6 Å². The standard InChI is InChI=1S/CH9P5/c2-1(3,4)6-5/h6H,2-5H2. The van der Waals surface area contributed by atoms with Gasteiger partial charge >= 0.3 is 0 Å². The second kappa shape index (κ2) is 3.23. The van der Waals surface area contributed by atoms with Crippen LogP contribution >= 0.6 is 44.9 Å². The SMILES string of the molecule is PPC(P)(P)P. The Kier molecular flexibility index (Phi) is 4.39. The second-order valence-corrected chi connectivity index (χ2v) is 9.70. The van der Waals surface area contributed by atoms with Gasteiger partial charge in [-0.2, -0.15) is 0 Å². The summed E-state index contributed by atoms with van der Waals surface area (Å²) >= 11 is 0. The Morgan fingerprint density at radius 2 is 1.33 bits per heavy atom. The molecule has 0 fully saturated rings. The van der Waals surface area contributed by atoms with E-state index in [9.17, 15) is 0 Å². The zero-order valence-corrected chi connectivity index (χ0v) is 8.93. The minimum atomic E-state index is 0.282. The van der Waals surface area contributed by atoms with Gasteiger partial charge in [-0.25, -0.2) is 0 Å². The van der Waals surface area contributed by atoms with Crippen LogP contribution < -0.4 is 0 Å². The van der Waals surface area contributed by atoms with E-state index in [0.29, 0.717) is 0 Å². The Bertz CT molecular complexity index is 33.7. The van der Waals surface area contributed by atoms with E-state index in [-0.39, 0.29) is 4.38 Å². The van der Waals surface area contributed by atoms with E-state index in [1.54, 1.807) is 0 Å². The van der Waals surface area contributed by atoms with Crippen LogP contribution in [0.15, 0.2) is 0 Å². The lowest BCUT2D eigenvalue weighted by Crippen LogP contribution is -1.78. The fourth-order valence-electron chi connectivity index (χ4n) is 0. The number of hydrogen-bond acceptors (Lipinski definition) is 0. The van der Waals surface area contributed by atoms with E-state index in [1.807, 2.05) is 0 Å². The predicted molar refractivity (Wildman–Crippen MR) is 49.9 cm³/mol. The molecule has 0 amide bonds. The Hall–Kier alpha value is 2.15. The average molecular weight is 176 g/mol. The Morgan fingerprint density at radius 3 is 1.33 bits per heavy atom. The smallest absolute Gasteiger partial charge is 0.0329 e. The zero-order chi connectivity index (χ0) is 5.21. The molecule has 0 rings (SSSR count). The van der Waals surface area contributed by atoms with Crippen molar-refractivity contribution in [3.63, 3.8) is 0 Å². The van der Waals surface area contributed by atoms with Crippen LogP contribution in [0.25, 0.3) is 0 Å². The first-order valence-electron chi connectivity index (χ1n) is 1.40. The van der Waals surface area contributed by atoms with Crippen LogP contribution in [0.3, 0.4) is 0 Å². The van der Waals surface area contributed by atoms with E-state index >= 15 is 0 Å². The average Bonchev–Trinajstić information content (AvgIpc) is 1.35. The zero-order valence-electron chi connectivity index (χ0n) is 3.31. The molecule has 0 aromatic rings. The summed E-state index contributed by atoms with van der Waals surface area (Å²) in [6.45, 7) is 0. The lowest BCUT2D eigenvalue weighted by Gasteiger charge is -2.12. The van der Waals surface area contributed by atoms with Crippen LogP contribution in [0.4, 0.5) is 0 Å². The lowest BCUT2D eigenvalue weighted by molar-refractivity contribution is 1.92. The quantitative estimate of drug-likeness (QED) is 0.533. The molecular weight excluding hydrogens is 167 g/mol. The van der Waals surface area contributed by atoms with Crippen molar-refractivity contribution < 1.29 is 0 Å². The van der Waals surface area contributed by atoms with E-state index in [4.69, 9.17) is 0 Å². The molecule has 0 saturated heterocycles. The van der Waals surface area contributed by atoms with Crippen LogP contribution in [0.5, 0.6) is 0 Å². The molecule has 0 aliphatic carbocycles. The summed E-state index contributed by atoms with van der Waals surface area (Å²) in [5, 5.41) is 0. The van der Waals surface area contributed by atoms with Crippen LogP contribution in [-0.4, -0.2) is 4.38 Å². The molecule has 5 heteroatoms. The van der Waals surface area contributed by atoms with Gasteiger partial charge in [-0.1, -0.05) is 8.27 Å². The molecule has 0 radical (unpaired) electrons. The maximum absolute atomic E-state index is 2.71. The van der Waals surface area contributed by atoms with Crippen LogP contribution in [-0.2, 0) is 0 Å². The monoisotopic (exact) mass is 176 g/mol. The van der Waals surface area contributed by atoms with Crippen LogP contribution in [0.1, 0.15) is 0 Å². The van der Waals surface area contributed by atoms with Gasteiger partial charge < -0.3 is 0 Å². The third kappa shape index (κ3) is 6.15. The lowest BCUT2D eigenvalue weighted by atomic mass is 11.8. The highest BCUT2D eigenvalue weighted by Crippen LogP contribution is 2.53. The van der Waals surface area contributed by atoms with E-state index in [0.717, 1.165) is 8.27 Å². The molecule has 0 saturated carbocycles. The predicted octanol–water partition coefficient (Wildman–Crippen LogP) is 1.69. The highest BCUT2D eigenvalue weighted by atomic mass is 32.0. The van der Waals surface area contributed by atoms with Crippen molar-refractivity contribution in [1.29, 1.82) is 0 Å². The largest absolute Gasteiger partial charge is 0.118 e. The van der Waals surface area contributed by atoms with Gasteiger partial charge in [0.25, 0.3) is 0 Å². The molecule has 0 aliphatic rings. The normalized spacial score (nSPS) is 14.0. The highest BCUT2D eigenvalue weighted by molar-refractivity contribution is 8.11. The Labute approximate surface area is 49.9 Å². The summed E-state index contributed by atoms with van der Waals surface area (Å²) in [6, 6.07) is 0. The van der Waals surface area contributed by atoms with Crippen molar-refractivity contribution in [1.82, 2.24) is 0 Å². The van der Waals surface area contributed by atoms with E-state index in [1.165, 1.54) is 0 Å². The molecule has 0 aliphatic heterocycles. The molecular formula is CH9P5. The minimum absolute atomic E-state index is 0.282. The van der Waals surface area contributed by atoms with Gasteiger partial charge in [-0.05, 0) is 0 Å². The van der Waals surface area contributed by atoms with Crippen molar-refractivity contribution in [3.8, 4) is 0 Å². The topological polar surface area (TPSA) is 0 Å². The van der Waals surface area contributed by atoms with Crippen molar-refractivity contribution >= 4 is 44.9 Å². The molecule has 38 valence electrons. The van der Waals surface area contributed by atoms with Crippen molar-refractivity contribution in [2.75, 3.05) is 0 Å². The number of rotatable bonds is 1. The fraction of sp³-hybridized carbons (Fsp3) is 1.00. The molecule has 0 bridgehead atoms. The summed E-state index contributed by atoms with van der Waals surface area (Å²) in [5.41, 5.74) is 0. The van der Waals surface area contributed by atoms with Gasteiger partial charge in [0.1, 0.15) is 0 Å². The van der Waals surface area contributed by atoms with Crippen molar-refractivity contribution in [2.45, 2.75) is 4.38 Å². The van der Waals surface area contributed by atoms with Gasteiger partial charge in [-0.15, -0.1) is 36.6 Å².